The average Bonchev–Trinajstić information content (AvgIpc) is 1.83. The minimum Gasteiger partial charge on any atom is -0.319 e. The number of hydrogen-bond donors (Lipinski definition) is 1. The van der Waals surface area contributed by atoms with Gasteiger partial charge in [0.2, 0.25) is 0 Å². The predicted octanol–water partition coefficient (Wildman–Crippen LogP) is 2.43. The van der Waals surface area contributed by atoms with Crippen molar-refractivity contribution < 1.29 is 13.2 Å². The largest absolute Gasteiger partial charge is 0.389 e. The lowest BCUT2D eigenvalue weighted by Crippen LogP contribution is -2.28. The van der Waals surface area contributed by atoms with Gasteiger partial charge in [0.25, 0.3) is 0 Å². The summed E-state index contributed by atoms with van der Waals surface area (Å²) in [7, 11) is 1.67. The normalized spacial score (nSPS) is 15.2. The molecule has 0 bridgehead atoms. The molecule has 0 amide bonds. The van der Waals surface area contributed by atoms with Crippen LogP contribution in [0, 0.1) is 11.8 Å². The summed E-state index contributed by atoms with van der Waals surface area (Å²) in [5.74, 6) is -0.242. The van der Waals surface area contributed by atoms with Crippen LogP contribution >= 0.6 is 0 Å². The molecule has 1 atom stereocenters. The summed E-state index contributed by atoms with van der Waals surface area (Å²) in [6.45, 7) is 4.05. The van der Waals surface area contributed by atoms with Crippen molar-refractivity contribution in [1.29, 1.82) is 0 Å². The van der Waals surface area contributed by atoms with E-state index in [9.17, 15) is 13.2 Å². The molecule has 1 nitrogen and oxygen atoms in total. The molecule has 1 N–H and O–H groups in total. The van der Waals surface area contributed by atoms with Crippen LogP contribution in [0.3, 0.4) is 0 Å². The molecule has 0 saturated carbocycles. The molecule has 0 aromatic carbocycles. The molecule has 0 saturated heterocycles. The second kappa shape index (κ2) is 4.70. The van der Waals surface area contributed by atoms with Crippen LogP contribution in [-0.4, -0.2) is 19.8 Å². The van der Waals surface area contributed by atoms with E-state index >= 15 is 0 Å². The Bertz CT molecular complexity index is 120. The van der Waals surface area contributed by atoms with Gasteiger partial charge in [-0.1, -0.05) is 13.8 Å². The van der Waals surface area contributed by atoms with E-state index in [1.807, 2.05) is 13.8 Å². The topological polar surface area (TPSA) is 12.0 Å². The minimum atomic E-state index is -4.04. The number of rotatable bonds is 4. The summed E-state index contributed by atoms with van der Waals surface area (Å²) in [5, 5.41) is 2.77. The first-order chi connectivity index (χ1) is 5.37. The van der Waals surface area contributed by atoms with Crippen LogP contribution in [0.15, 0.2) is 0 Å². The molecule has 0 aliphatic carbocycles. The van der Waals surface area contributed by atoms with E-state index in [2.05, 4.69) is 5.32 Å². The third-order valence-electron chi connectivity index (χ3n) is 1.90. The summed E-state index contributed by atoms with van der Waals surface area (Å²) < 4.78 is 35.9. The van der Waals surface area contributed by atoms with Crippen LogP contribution in [0.1, 0.15) is 20.3 Å². The highest BCUT2D eigenvalue weighted by atomic mass is 19.4. The standard InChI is InChI=1S/C8H16F3N/c1-6(2)7(5-12-3)4-8(9,10)11/h6-7,12H,4-5H2,1-3H3/t7-/m1/s1. The Morgan fingerprint density at radius 1 is 1.25 bits per heavy atom. The van der Waals surface area contributed by atoms with Crippen molar-refractivity contribution in [2.45, 2.75) is 26.4 Å². The van der Waals surface area contributed by atoms with Gasteiger partial charge in [0.05, 0.1) is 0 Å². The molecule has 0 rings (SSSR count). The van der Waals surface area contributed by atoms with Gasteiger partial charge >= 0.3 is 6.18 Å². The van der Waals surface area contributed by atoms with Crippen molar-refractivity contribution in [2.24, 2.45) is 11.8 Å². The smallest absolute Gasteiger partial charge is 0.319 e. The first-order valence-corrected chi connectivity index (χ1v) is 4.08. The van der Waals surface area contributed by atoms with Crippen LogP contribution in [0.5, 0.6) is 0 Å². The van der Waals surface area contributed by atoms with E-state index in [1.54, 1.807) is 7.05 Å². The Labute approximate surface area is 71.3 Å². The Morgan fingerprint density at radius 3 is 2.00 bits per heavy atom. The molecule has 4 heteroatoms. The number of alkyl halides is 3. The van der Waals surface area contributed by atoms with Crippen molar-refractivity contribution in [2.75, 3.05) is 13.6 Å². The van der Waals surface area contributed by atoms with Crippen molar-refractivity contribution in [3.8, 4) is 0 Å². The maximum absolute atomic E-state index is 12.0. The zero-order valence-corrected chi connectivity index (χ0v) is 7.70. The number of hydrogen-bond acceptors (Lipinski definition) is 1. The van der Waals surface area contributed by atoms with Crippen molar-refractivity contribution in [3.63, 3.8) is 0 Å². The highest BCUT2D eigenvalue weighted by Gasteiger charge is 2.32. The van der Waals surface area contributed by atoms with E-state index in [0.29, 0.717) is 6.54 Å². The van der Waals surface area contributed by atoms with Gasteiger partial charge in [-0.25, -0.2) is 0 Å². The van der Waals surface area contributed by atoms with E-state index in [0.717, 1.165) is 0 Å². The van der Waals surface area contributed by atoms with E-state index in [4.69, 9.17) is 0 Å². The maximum atomic E-state index is 12.0. The van der Waals surface area contributed by atoms with Crippen LogP contribution in [0.25, 0.3) is 0 Å². The molecule has 12 heavy (non-hydrogen) atoms. The summed E-state index contributed by atoms with van der Waals surface area (Å²) in [6, 6.07) is 0. The Hall–Kier alpha value is -0.250. The summed E-state index contributed by atoms with van der Waals surface area (Å²) in [5.41, 5.74) is 0. The Kier molecular flexibility index (Phi) is 4.60. The van der Waals surface area contributed by atoms with E-state index in [1.165, 1.54) is 0 Å². The maximum Gasteiger partial charge on any atom is 0.389 e. The lowest BCUT2D eigenvalue weighted by atomic mass is 9.92. The molecule has 74 valence electrons. The van der Waals surface area contributed by atoms with Gasteiger partial charge in [-0.2, -0.15) is 13.2 Å². The molecule has 0 aliphatic rings. The first kappa shape index (κ1) is 11.8. The SMILES string of the molecule is CNC[C@@H](CC(F)(F)F)C(C)C. The van der Waals surface area contributed by atoms with Gasteiger partial charge in [0.1, 0.15) is 0 Å². The molecule has 0 radical (unpaired) electrons. The zero-order valence-electron chi connectivity index (χ0n) is 7.70. The quantitative estimate of drug-likeness (QED) is 0.705. The molecule has 0 heterocycles. The fourth-order valence-electron chi connectivity index (χ4n) is 1.10. The fraction of sp³-hybridized carbons (Fsp3) is 1.00. The lowest BCUT2D eigenvalue weighted by molar-refractivity contribution is -0.147. The van der Waals surface area contributed by atoms with Crippen LogP contribution in [-0.2, 0) is 0 Å². The fourth-order valence-corrected chi connectivity index (χ4v) is 1.10. The number of halogens is 3. The predicted molar refractivity (Wildman–Crippen MR) is 42.9 cm³/mol. The van der Waals surface area contributed by atoms with Gasteiger partial charge in [-0.05, 0) is 25.4 Å². The van der Waals surface area contributed by atoms with E-state index in [-0.39, 0.29) is 11.8 Å². The van der Waals surface area contributed by atoms with Gasteiger partial charge in [0.15, 0.2) is 0 Å². The molecule has 0 unspecified atom stereocenters. The second-order valence-corrected chi connectivity index (χ2v) is 3.38. The first-order valence-electron chi connectivity index (χ1n) is 4.08. The molecule has 0 aromatic rings. The third kappa shape index (κ3) is 5.41. The molecular formula is C8H16F3N. The van der Waals surface area contributed by atoms with Crippen molar-refractivity contribution in [1.82, 2.24) is 5.32 Å². The van der Waals surface area contributed by atoms with Crippen LogP contribution < -0.4 is 5.32 Å². The third-order valence-corrected chi connectivity index (χ3v) is 1.90. The molecule has 0 fully saturated rings. The molecule has 0 spiro atoms. The molecule has 0 aliphatic heterocycles. The van der Waals surface area contributed by atoms with Gasteiger partial charge < -0.3 is 5.32 Å². The monoisotopic (exact) mass is 183 g/mol. The highest BCUT2D eigenvalue weighted by molar-refractivity contribution is 4.68. The van der Waals surface area contributed by atoms with Crippen LogP contribution in [0.2, 0.25) is 0 Å². The Balaban J connectivity index is 3.95. The zero-order chi connectivity index (χ0) is 9.78. The summed E-state index contributed by atoms with van der Waals surface area (Å²) >= 11 is 0. The van der Waals surface area contributed by atoms with E-state index < -0.39 is 12.6 Å². The lowest BCUT2D eigenvalue weighted by Gasteiger charge is -2.21. The second-order valence-electron chi connectivity index (χ2n) is 3.38. The van der Waals surface area contributed by atoms with Gasteiger partial charge in [-0.3, -0.25) is 0 Å². The highest BCUT2D eigenvalue weighted by Crippen LogP contribution is 2.28. The number of nitrogens with one attached hydrogen (secondary N) is 1. The van der Waals surface area contributed by atoms with Crippen molar-refractivity contribution >= 4 is 0 Å². The average molecular weight is 183 g/mol. The van der Waals surface area contributed by atoms with Crippen molar-refractivity contribution in [3.05, 3.63) is 0 Å². The molecular weight excluding hydrogens is 167 g/mol. The van der Waals surface area contributed by atoms with Gasteiger partial charge in [-0.15, -0.1) is 0 Å². The van der Waals surface area contributed by atoms with Gasteiger partial charge in [0, 0.05) is 6.42 Å². The summed E-state index contributed by atoms with van der Waals surface area (Å²) in [4.78, 5) is 0. The minimum absolute atomic E-state index is 0.0686. The van der Waals surface area contributed by atoms with Crippen LogP contribution in [0.4, 0.5) is 13.2 Å². The molecule has 0 aromatic heterocycles. The summed E-state index contributed by atoms with van der Waals surface area (Å²) in [6.07, 6.45) is -4.72. The Morgan fingerprint density at radius 2 is 1.75 bits per heavy atom.